The number of hydrogen-bond acceptors (Lipinski definition) is 2. The summed E-state index contributed by atoms with van der Waals surface area (Å²) in [5.41, 5.74) is 0. The second-order valence-electron chi connectivity index (χ2n) is 3.64. The van der Waals surface area contributed by atoms with E-state index in [1.54, 1.807) is 0 Å². The lowest BCUT2D eigenvalue weighted by atomic mass is 10.1. The molecule has 0 aromatic rings. The van der Waals surface area contributed by atoms with Crippen molar-refractivity contribution in [3.63, 3.8) is 0 Å². The second kappa shape index (κ2) is 6.49. The molecule has 1 N–H and O–H groups in total. The number of hydrogen-bond donors (Lipinski definition) is 1. The minimum absolute atomic E-state index is 0. The quantitative estimate of drug-likeness (QED) is 0.738. The average Bonchev–Trinajstić information content (AvgIpc) is 2.09. The first kappa shape index (κ1) is 14.0. The van der Waals surface area contributed by atoms with Gasteiger partial charge in [-0.05, 0) is 13.8 Å². The number of alkyl halides is 1. The third-order valence-electron chi connectivity index (χ3n) is 2.39. The Bertz CT molecular complexity index is 190. The van der Waals surface area contributed by atoms with Crippen molar-refractivity contribution in [2.75, 3.05) is 19.0 Å². The van der Waals surface area contributed by atoms with Crippen LogP contribution < -0.4 is 5.32 Å². The number of carbonyl (C=O) groups is 1. The van der Waals surface area contributed by atoms with E-state index < -0.39 is 0 Å². The van der Waals surface area contributed by atoms with Crippen LogP contribution in [0.5, 0.6) is 0 Å². The monoisotopic (exact) mass is 240 g/mol. The van der Waals surface area contributed by atoms with Crippen LogP contribution in [0.1, 0.15) is 20.3 Å². The van der Waals surface area contributed by atoms with E-state index in [4.69, 9.17) is 11.6 Å². The SMILES string of the molecule is C[C@@H]1CN[C@@H](C)CN1C(=O)CCCl.Cl. The zero-order chi connectivity index (χ0) is 9.84. The van der Waals surface area contributed by atoms with Gasteiger partial charge in [0.05, 0.1) is 0 Å². The summed E-state index contributed by atoms with van der Waals surface area (Å²) in [6, 6.07) is 0.697. The Morgan fingerprint density at radius 2 is 2.21 bits per heavy atom. The number of halogens is 2. The lowest BCUT2D eigenvalue weighted by Crippen LogP contribution is -2.56. The molecule has 0 saturated carbocycles. The maximum atomic E-state index is 11.6. The standard InChI is InChI=1S/C9H17ClN2O.ClH/c1-7-6-12(8(2)5-11-7)9(13)3-4-10;/h7-8,11H,3-6H2,1-2H3;1H/t7-,8+;/m0./s1. The second-order valence-corrected chi connectivity index (χ2v) is 4.02. The number of piperazine rings is 1. The Balaban J connectivity index is 0.00000169. The van der Waals surface area contributed by atoms with Crippen molar-refractivity contribution < 1.29 is 4.79 Å². The molecule has 84 valence electrons. The molecule has 0 aromatic heterocycles. The van der Waals surface area contributed by atoms with Gasteiger partial charge in [-0.1, -0.05) is 0 Å². The van der Waals surface area contributed by atoms with Crippen molar-refractivity contribution in [1.29, 1.82) is 0 Å². The van der Waals surface area contributed by atoms with E-state index in [2.05, 4.69) is 19.2 Å². The van der Waals surface area contributed by atoms with Crippen LogP contribution in [0.2, 0.25) is 0 Å². The number of nitrogens with one attached hydrogen (secondary N) is 1. The van der Waals surface area contributed by atoms with E-state index in [1.165, 1.54) is 0 Å². The van der Waals surface area contributed by atoms with Gasteiger partial charge in [-0.15, -0.1) is 24.0 Å². The maximum absolute atomic E-state index is 11.6. The van der Waals surface area contributed by atoms with Crippen molar-refractivity contribution in [3.05, 3.63) is 0 Å². The van der Waals surface area contributed by atoms with Gasteiger partial charge in [0.25, 0.3) is 0 Å². The molecule has 1 saturated heterocycles. The fourth-order valence-electron chi connectivity index (χ4n) is 1.59. The average molecular weight is 241 g/mol. The Hall–Kier alpha value is 0.01000. The first-order valence-corrected chi connectivity index (χ1v) is 5.27. The minimum atomic E-state index is 0. The summed E-state index contributed by atoms with van der Waals surface area (Å²) in [5, 5.41) is 3.33. The maximum Gasteiger partial charge on any atom is 0.224 e. The highest BCUT2D eigenvalue weighted by molar-refractivity contribution is 6.18. The molecule has 1 amide bonds. The van der Waals surface area contributed by atoms with Crippen LogP contribution in [-0.2, 0) is 4.79 Å². The van der Waals surface area contributed by atoms with Gasteiger partial charge in [-0.2, -0.15) is 0 Å². The van der Waals surface area contributed by atoms with Crippen molar-refractivity contribution in [2.45, 2.75) is 32.4 Å². The summed E-state index contributed by atoms with van der Waals surface area (Å²) in [4.78, 5) is 13.5. The molecule has 0 bridgehead atoms. The Kier molecular flexibility index (Phi) is 6.49. The Labute approximate surface area is 96.6 Å². The molecule has 3 nitrogen and oxygen atoms in total. The molecule has 0 radical (unpaired) electrons. The number of carbonyl (C=O) groups excluding carboxylic acids is 1. The van der Waals surface area contributed by atoms with E-state index in [9.17, 15) is 4.79 Å². The Morgan fingerprint density at radius 3 is 2.79 bits per heavy atom. The molecule has 0 unspecified atom stereocenters. The number of amides is 1. The van der Waals surface area contributed by atoms with E-state index in [0.29, 0.717) is 24.4 Å². The highest BCUT2D eigenvalue weighted by Gasteiger charge is 2.25. The van der Waals surface area contributed by atoms with Gasteiger partial charge in [0.1, 0.15) is 0 Å². The number of rotatable bonds is 2. The Morgan fingerprint density at radius 1 is 1.57 bits per heavy atom. The smallest absolute Gasteiger partial charge is 0.224 e. The van der Waals surface area contributed by atoms with Gasteiger partial charge in [0.15, 0.2) is 0 Å². The van der Waals surface area contributed by atoms with Gasteiger partial charge in [-0.25, -0.2) is 0 Å². The zero-order valence-corrected chi connectivity index (χ0v) is 10.2. The zero-order valence-electron chi connectivity index (χ0n) is 8.62. The highest BCUT2D eigenvalue weighted by Crippen LogP contribution is 2.08. The van der Waals surface area contributed by atoms with Crippen LogP contribution in [-0.4, -0.2) is 41.9 Å². The van der Waals surface area contributed by atoms with Crippen LogP contribution in [0.15, 0.2) is 0 Å². The molecular weight excluding hydrogens is 223 g/mol. The van der Waals surface area contributed by atoms with E-state index in [-0.39, 0.29) is 18.3 Å². The summed E-state index contributed by atoms with van der Waals surface area (Å²) < 4.78 is 0. The van der Waals surface area contributed by atoms with E-state index >= 15 is 0 Å². The molecule has 14 heavy (non-hydrogen) atoms. The molecule has 0 aromatic carbocycles. The lowest BCUT2D eigenvalue weighted by Gasteiger charge is -2.37. The van der Waals surface area contributed by atoms with Gasteiger partial charge >= 0.3 is 0 Å². The highest BCUT2D eigenvalue weighted by atomic mass is 35.5. The van der Waals surface area contributed by atoms with Gasteiger partial charge in [0.2, 0.25) is 5.91 Å². The summed E-state index contributed by atoms with van der Waals surface area (Å²) in [5.74, 6) is 0.597. The van der Waals surface area contributed by atoms with Crippen molar-refractivity contribution in [1.82, 2.24) is 10.2 Å². The van der Waals surface area contributed by atoms with Crippen molar-refractivity contribution in [3.8, 4) is 0 Å². The molecule has 2 atom stereocenters. The van der Waals surface area contributed by atoms with E-state index in [1.807, 2.05) is 4.90 Å². The summed E-state index contributed by atoms with van der Waals surface area (Å²) in [6.45, 7) is 5.84. The summed E-state index contributed by atoms with van der Waals surface area (Å²) in [6.07, 6.45) is 0.457. The fraction of sp³-hybridized carbons (Fsp3) is 0.889. The largest absolute Gasteiger partial charge is 0.337 e. The number of nitrogens with zero attached hydrogens (tertiary/aromatic N) is 1. The third-order valence-corrected chi connectivity index (χ3v) is 2.58. The molecule has 0 aliphatic carbocycles. The summed E-state index contributed by atoms with van der Waals surface area (Å²) >= 11 is 5.54. The molecular formula is C9H18Cl2N2O. The van der Waals surface area contributed by atoms with Crippen LogP contribution in [0.4, 0.5) is 0 Å². The minimum Gasteiger partial charge on any atom is -0.337 e. The molecule has 1 aliphatic rings. The molecule has 0 spiro atoms. The lowest BCUT2D eigenvalue weighted by molar-refractivity contribution is -0.134. The molecule has 1 rings (SSSR count). The van der Waals surface area contributed by atoms with Crippen LogP contribution in [0.3, 0.4) is 0 Å². The predicted octanol–water partition coefficient (Wildman–Crippen LogP) is 1.25. The van der Waals surface area contributed by atoms with Crippen LogP contribution in [0.25, 0.3) is 0 Å². The van der Waals surface area contributed by atoms with Gasteiger partial charge in [0, 0.05) is 37.5 Å². The third kappa shape index (κ3) is 3.64. The van der Waals surface area contributed by atoms with Crippen molar-refractivity contribution >= 4 is 29.9 Å². The summed E-state index contributed by atoms with van der Waals surface area (Å²) in [7, 11) is 0. The van der Waals surface area contributed by atoms with Crippen LogP contribution >= 0.6 is 24.0 Å². The van der Waals surface area contributed by atoms with Crippen molar-refractivity contribution in [2.24, 2.45) is 0 Å². The molecule has 5 heteroatoms. The topological polar surface area (TPSA) is 32.3 Å². The fourth-order valence-corrected chi connectivity index (χ4v) is 1.76. The van der Waals surface area contributed by atoms with E-state index in [0.717, 1.165) is 13.1 Å². The normalized spacial score (nSPS) is 26.9. The van der Waals surface area contributed by atoms with Gasteiger partial charge < -0.3 is 10.2 Å². The first-order valence-electron chi connectivity index (χ1n) is 4.74. The molecule has 1 aliphatic heterocycles. The predicted molar refractivity (Wildman–Crippen MR) is 61.2 cm³/mol. The van der Waals surface area contributed by atoms with Gasteiger partial charge in [-0.3, -0.25) is 4.79 Å². The molecule has 1 heterocycles. The molecule has 1 fully saturated rings. The first-order chi connectivity index (χ1) is 6.15. The van der Waals surface area contributed by atoms with Crippen LogP contribution in [0, 0.1) is 0 Å².